The lowest BCUT2D eigenvalue weighted by molar-refractivity contribution is -0.136. The van der Waals surface area contributed by atoms with Gasteiger partial charge in [0.15, 0.2) is 5.78 Å². The highest BCUT2D eigenvalue weighted by atomic mass is 79.9. The Morgan fingerprint density at radius 1 is 1.03 bits per heavy atom. The predicted octanol–water partition coefficient (Wildman–Crippen LogP) is 3.52. The van der Waals surface area contributed by atoms with Crippen LogP contribution >= 0.6 is 31.9 Å². The maximum atomic E-state index is 13.5. The Labute approximate surface area is 182 Å². The third-order valence-electron chi connectivity index (χ3n) is 4.44. The molecule has 1 aromatic heterocycles. The van der Waals surface area contributed by atoms with Gasteiger partial charge in [-0.15, -0.1) is 0 Å². The number of ketones is 1. The van der Waals surface area contributed by atoms with Crippen LogP contribution in [0.5, 0.6) is 0 Å². The van der Waals surface area contributed by atoms with Gasteiger partial charge in [-0.2, -0.15) is 4.68 Å². The number of hydrogen-bond acceptors (Lipinski definition) is 7. The summed E-state index contributed by atoms with van der Waals surface area (Å²) >= 11 is 6.77. The minimum absolute atomic E-state index is 0.00985. The Bertz CT molecular complexity index is 1120. The van der Waals surface area contributed by atoms with Crippen molar-refractivity contribution in [3.05, 3.63) is 79.9 Å². The quantitative estimate of drug-likeness (QED) is 0.416. The van der Waals surface area contributed by atoms with Crippen LogP contribution in [0, 0.1) is 0 Å². The third kappa shape index (κ3) is 3.60. The number of anilines is 1. The van der Waals surface area contributed by atoms with E-state index in [-0.39, 0.29) is 23.0 Å². The summed E-state index contributed by atoms with van der Waals surface area (Å²) < 4.78 is 8.11. The molecule has 29 heavy (non-hydrogen) atoms. The van der Waals surface area contributed by atoms with E-state index in [1.165, 1.54) is 11.8 Å². The highest BCUT2D eigenvalue weighted by Gasteiger charge is 2.38. The lowest BCUT2D eigenvalue weighted by Gasteiger charge is -2.28. The van der Waals surface area contributed by atoms with E-state index in [2.05, 4.69) is 52.7 Å². The first-order valence-electron chi connectivity index (χ1n) is 8.42. The zero-order valence-electron chi connectivity index (χ0n) is 15.0. The average molecular weight is 519 g/mol. The SMILES string of the molecule is COC(=O)C1=C(C(=O)c2ccc(Br)cc2)[C@@H](c2ccc(Br)cc2)n2nnnc2N1. The molecule has 0 saturated carbocycles. The Morgan fingerprint density at radius 3 is 2.28 bits per heavy atom. The lowest BCUT2D eigenvalue weighted by atomic mass is 9.89. The summed E-state index contributed by atoms with van der Waals surface area (Å²) in [4.78, 5) is 26.1. The molecular formula is C19H13Br2N5O3. The topological polar surface area (TPSA) is 99.0 Å². The average Bonchev–Trinajstić information content (AvgIpc) is 3.21. The number of allylic oxidation sites excluding steroid dienone is 1. The van der Waals surface area contributed by atoms with Crippen molar-refractivity contribution < 1.29 is 14.3 Å². The van der Waals surface area contributed by atoms with Crippen LogP contribution in [-0.2, 0) is 9.53 Å². The molecule has 0 radical (unpaired) electrons. The standard InChI is InChI=1S/C19H13Br2N5O3/c1-29-18(28)15-14(17(27)11-4-8-13(21)9-5-11)16(10-2-6-12(20)7-3-10)26-19(22-15)23-24-25-26/h2-9,16H,1H3,(H,22,23,25)/t16-/m1/s1. The number of nitrogens with one attached hydrogen (secondary N) is 1. The fourth-order valence-corrected chi connectivity index (χ4v) is 3.63. The minimum Gasteiger partial charge on any atom is -0.464 e. The van der Waals surface area contributed by atoms with Crippen molar-refractivity contribution in [2.75, 3.05) is 12.4 Å². The Morgan fingerprint density at radius 2 is 1.66 bits per heavy atom. The molecule has 1 atom stereocenters. The van der Waals surface area contributed by atoms with E-state index < -0.39 is 12.0 Å². The van der Waals surface area contributed by atoms with Crippen molar-refractivity contribution in [1.82, 2.24) is 20.2 Å². The van der Waals surface area contributed by atoms with Crippen LogP contribution in [0.15, 0.2) is 68.7 Å². The highest BCUT2D eigenvalue weighted by molar-refractivity contribution is 9.10. The van der Waals surface area contributed by atoms with Gasteiger partial charge in [-0.3, -0.25) is 4.79 Å². The van der Waals surface area contributed by atoms with Crippen molar-refractivity contribution in [2.24, 2.45) is 0 Å². The Kier molecular flexibility index (Phi) is 5.29. The number of fused-ring (bicyclic) bond motifs is 1. The number of aromatic nitrogens is 4. The molecule has 0 bridgehead atoms. The van der Waals surface area contributed by atoms with Gasteiger partial charge in [0.05, 0.1) is 12.7 Å². The number of nitrogens with zero attached hydrogens (tertiary/aromatic N) is 4. The van der Waals surface area contributed by atoms with Crippen LogP contribution in [0.2, 0.25) is 0 Å². The number of ether oxygens (including phenoxy) is 1. The van der Waals surface area contributed by atoms with Gasteiger partial charge in [0.25, 0.3) is 0 Å². The molecule has 1 aliphatic heterocycles. The minimum atomic E-state index is -0.709. The van der Waals surface area contributed by atoms with Gasteiger partial charge < -0.3 is 10.1 Å². The van der Waals surface area contributed by atoms with Gasteiger partial charge in [-0.05, 0) is 52.4 Å². The molecule has 0 unspecified atom stereocenters. The molecule has 0 amide bonds. The Hall–Kier alpha value is -2.85. The summed E-state index contributed by atoms with van der Waals surface area (Å²) in [6, 6.07) is 13.6. The van der Waals surface area contributed by atoms with Gasteiger partial charge in [0.2, 0.25) is 5.95 Å². The van der Waals surface area contributed by atoms with Crippen LogP contribution in [0.3, 0.4) is 0 Å². The van der Waals surface area contributed by atoms with E-state index >= 15 is 0 Å². The van der Waals surface area contributed by atoms with Gasteiger partial charge in [-0.25, -0.2) is 4.79 Å². The lowest BCUT2D eigenvalue weighted by Crippen LogP contribution is -2.32. The molecule has 0 saturated heterocycles. The van der Waals surface area contributed by atoms with Crippen molar-refractivity contribution in [3.63, 3.8) is 0 Å². The maximum Gasteiger partial charge on any atom is 0.355 e. The van der Waals surface area contributed by atoms with Crippen molar-refractivity contribution >= 4 is 49.6 Å². The van der Waals surface area contributed by atoms with E-state index in [0.29, 0.717) is 5.56 Å². The van der Waals surface area contributed by atoms with E-state index in [1.54, 1.807) is 24.3 Å². The number of Topliss-reactive ketones (excluding diaryl/α,β-unsaturated/α-hetero) is 1. The smallest absolute Gasteiger partial charge is 0.355 e. The first-order chi connectivity index (χ1) is 14.0. The fraction of sp³-hybridized carbons (Fsp3) is 0.105. The van der Waals surface area contributed by atoms with Crippen LogP contribution in [0.4, 0.5) is 5.95 Å². The molecule has 0 spiro atoms. The monoisotopic (exact) mass is 517 g/mol. The number of rotatable bonds is 4. The molecule has 3 aromatic rings. The molecule has 0 aliphatic carbocycles. The molecule has 1 N–H and O–H groups in total. The molecule has 8 nitrogen and oxygen atoms in total. The molecular weight excluding hydrogens is 506 g/mol. The zero-order chi connectivity index (χ0) is 20.5. The second kappa shape index (κ2) is 7.88. The van der Waals surface area contributed by atoms with Crippen LogP contribution in [0.1, 0.15) is 22.0 Å². The maximum absolute atomic E-state index is 13.5. The fourth-order valence-electron chi connectivity index (χ4n) is 3.10. The van der Waals surface area contributed by atoms with Crippen molar-refractivity contribution in [1.29, 1.82) is 0 Å². The molecule has 146 valence electrons. The molecule has 10 heteroatoms. The summed E-state index contributed by atoms with van der Waals surface area (Å²) in [5.41, 5.74) is 1.37. The number of benzene rings is 2. The molecule has 2 aromatic carbocycles. The predicted molar refractivity (Wildman–Crippen MR) is 111 cm³/mol. The largest absolute Gasteiger partial charge is 0.464 e. The second-order valence-corrected chi connectivity index (χ2v) is 7.97. The number of carbonyl (C=O) groups excluding carboxylic acids is 2. The summed E-state index contributed by atoms with van der Waals surface area (Å²) in [5.74, 6) is -0.771. The normalized spacial score (nSPS) is 15.5. The number of tetrazole rings is 1. The van der Waals surface area contributed by atoms with Crippen LogP contribution < -0.4 is 5.32 Å². The number of methoxy groups -OCH3 is 1. The molecule has 2 heterocycles. The molecule has 4 rings (SSSR count). The first kappa shape index (κ1) is 19.5. The Balaban J connectivity index is 1.94. The highest BCUT2D eigenvalue weighted by Crippen LogP contribution is 2.37. The van der Waals surface area contributed by atoms with E-state index in [0.717, 1.165) is 14.5 Å². The van der Waals surface area contributed by atoms with Crippen molar-refractivity contribution in [2.45, 2.75) is 6.04 Å². The summed E-state index contributed by atoms with van der Waals surface area (Å²) in [7, 11) is 1.25. The van der Waals surface area contributed by atoms with Crippen LogP contribution in [0.25, 0.3) is 0 Å². The third-order valence-corrected chi connectivity index (χ3v) is 5.50. The second-order valence-electron chi connectivity index (χ2n) is 6.14. The van der Waals surface area contributed by atoms with E-state index in [1.807, 2.05) is 24.3 Å². The number of halogens is 2. The van der Waals surface area contributed by atoms with Gasteiger partial charge in [0.1, 0.15) is 11.7 Å². The van der Waals surface area contributed by atoms with Gasteiger partial charge in [-0.1, -0.05) is 49.1 Å². The van der Waals surface area contributed by atoms with Crippen molar-refractivity contribution in [3.8, 4) is 0 Å². The van der Waals surface area contributed by atoms with E-state index in [9.17, 15) is 9.59 Å². The zero-order valence-corrected chi connectivity index (χ0v) is 18.1. The molecule has 1 aliphatic rings. The first-order valence-corrected chi connectivity index (χ1v) is 10.0. The van der Waals surface area contributed by atoms with Crippen LogP contribution in [-0.4, -0.2) is 39.1 Å². The molecule has 0 fully saturated rings. The number of carbonyl (C=O) groups is 2. The summed E-state index contributed by atoms with van der Waals surface area (Å²) in [5, 5.41) is 14.5. The van der Waals surface area contributed by atoms with Gasteiger partial charge in [0, 0.05) is 14.5 Å². The summed E-state index contributed by atoms with van der Waals surface area (Å²) in [6.07, 6.45) is 0. The number of hydrogen-bond donors (Lipinski definition) is 1. The summed E-state index contributed by atoms with van der Waals surface area (Å²) in [6.45, 7) is 0. The van der Waals surface area contributed by atoms with Gasteiger partial charge >= 0.3 is 5.97 Å². The van der Waals surface area contributed by atoms with E-state index in [4.69, 9.17) is 4.74 Å². The number of esters is 1.